The van der Waals surface area contributed by atoms with Crippen molar-refractivity contribution in [3.8, 4) is 0 Å². The fraction of sp³-hybridized carbons (Fsp3) is 0.471. The molecule has 5 heteroatoms. The van der Waals surface area contributed by atoms with Crippen LogP contribution >= 0.6 is 0 Å². The zero-order chi connectivity index (χ0) is 15.4. The average Bonchev–Trinajstić information content (AvgIpc) is 3.15. The van der Waals surface area contributed by atoms with E-state index in [0.29, 0.717) is 5.92 Å². The number of benzene rings is 1. The van der Waals surface area contributed by atoms with Crippen LogP contribution in [0.3, 0.4) is 0 Å². The fourth-order valence-corrected chi connectivity index (χ4v) is 4.90. The largest absolute Gasteiger partial charge is 0.480 e. The summed E-state index contributed by atoms with van der Waals surface area (Å²) in [6.45, 7) is -0.500. The van der Waals surface area contributed by atoms with E-state index in [1.54, 1.807) is 0 Å². The Balaban J connectivity index is 1.64. The number of hydrogen-bond donors (Lipinski definition) is 1. The van der Waals surface area contributed by atoms with Crippen molar-refractivity contribution in [1.82, 2.24) is 4.90 Å². The number of carboxylic acid groups (broad SMARTS) is 1. The van der Waals surface area contributed by atoms with Gasteiger partial charge in [0.2, 0.25) is 11.8 Å². The number of carboxylic acids is 1. The van der Waals surface area contributed by atoms with E-state index in [0.717, 1.165) is 17.7 Å². The lowest BCUT2D eigenvalue weighted by molar-refractivity contribution is -0.149. The van der Waals surface area contributed by atoms with Crippen LogP contribution in [0.15, 0.2) is 30.3 Å². The molecule has 1 N–H and O–H groups in total. The maximum Gasteiger partial charge on any atom is 0.323 e. The van der Waals surface area contributed by atoms with Gasteiger partial charge in [-0.05, 0) is 36.2 Å². The summed E-state index contributed by atoms with van der Waals surface area (Å²) >= 11 is 0. The highest BCUT2D eigenvalue weighted by molar-refractivity contribution is 6.07. The molecule has 0 unspecified atom stereocenters. The van der Waals surface area contributed by atoms with Gasteiger partial charge in [0.1, 0.15) is 6.54 Å². The van der Waals surface area contributed by atoms with E-state index < -0.39 is 12.5 Å². The van der Waals surface area contributed by atoms with Crippen molar-refractivity contribution in [2.24, 2.45) is 23.7 Å². The maximum absolute atomic E-state index is 12.5. The summed E-state index contributed by atoms with van der Waals surface area (Å²) in [7, 11) is 0. The van der Waals surface area contributed by atoms with Gasteiger partial charge in [-0.2, -0.15) is 0 Å². The van der Waals surface area contributed by atoms with E-state index in [9.17, 15) is 14.4 Å². The van der Waals surface area contributed by atoms with Crippen molar-refractivity contribution in [2.45, 2.75) is 18.8 Å². The summed E-state index contributed by atoms with van der Waals surface area (Å²) in [6.07, 6.45) is 1.84. The van der Waals surface area contributed by atoms with E-state index >= 15 is 0 Å². The van der Waals surface area contributed by atoms with Crippen LogP contribution < -0.4 is 0 Å². The maximum atomic E-state index is 12.5. The Kier molecular flexibility index (Phi) is 2.86. The summed E-state index contributed by atoms with van der Waals surface area (Å²) in [5, 5.41) is 8.90. The van der Waals surface area contributed by atoms with Crippen molar-refractivity contribution in [3.63, 3.8) is 0 Å². The molecule has 3 fully saturated rings. The molecule has 0 aromatic heterocycles. The Labute approximate surface area is 127 Å². The van der Waals surface area contributed by atoms with E-state index in [2.05, 4.69) is 12.1 Å². The molecule has 0 spiro atoms. The van der Waals surface area contributed by atoms with Crippen LogP contribution in [-0.4, -0.2) is 34.3 Å². The topological polar surface area (TPSA) is 74.7 Å². The van der Waals surface area contributed by atoms with Gasteiger partial charge < -0.3 is 5.11 Å². The molecule has 5 atom stereocenters. The lowest BCUT2D eigenvalue weighted by Gasteiger charge is -2.28. The van der Waals surface area contributed by atoms with Gasteiger partial charge in [-0.25, -0.2) is 0 Å². The summed E-state index contributed by atoms with van der Waals surface area (Å²) in [4.78, 5) is 36.8. The Hall–Kier alpha value is -2.17. The number of carbonyl (C=O) groups excluding carboxylic acids is 2. The predicted octanol–water partition coefficient (Wildman–Crippen LogP) is 1.50. The predicted molar refractivity (Wildman–Crippen MR) is 76.7 cm³/mol. The normalized spacial score (nSPS) is 36.0. The number of imide groups is 1. The van der Waals surface area contributed by atoms with Gasteiger partial charge in [0.15, 0.2) is 0 Å². The van der Waals surface area contributed by atoms with Gasteiger partial charge in [0.25, 0.3) is 0 Å². The smallest absolute Gasteiger partial charge is 0.323 e. The molecule has 1 aliphatic heterocycles. The number of rotatable bonds is 3. The summed E-state index contributed by atoms with van der Waals surface area (Å²) in [6, 6.07) is 10.1. The molecule has 3 aliphatic rings. The Bertz CT molecular complexity index is 656. The molecule has 1 aromatic rings. The molecule has 22 heavy (non-hydrogen) atoms. The molecule has 0 radical (unpaired) electrons. The van der Waals surface area contributed by atoms with Gasteiger partial charge in [-0.1, -0.05) is 30.3 Å². The quantitative estimate of drug-likeness (QED) is 0.858. The molecule has 4 rings (SSSR count). The highest BCUT2D eigenvalue weighted by Gasteiger charge is 2.63. The van der Waals surface area contributed by atoms with Gasteiger partial charge >= 0.3 is 5.97 Å². The third kappa shape index (κ3) is 1.74. The molecular weight excluding hydrogens is 282 g/mol. The Morgan fingerprint density at radius 2 is 1.77 bits per heavy atom. The second-order valence-electron chi connectivity index (χ2n) is 6.62. The third-order valence-corrected chi connectivity index (χ3v) is 5.63. The lowest BCUT2D eigenvalue weighted by Crippen LogP contribution is -2.37. The number of carbonyl (C=O) groups is 3. The number of amides is 2. The Morgan fingerprint density at radius 3 is 2.45 bits per heavy atom. The minimum absolute atomic E-state index is 0.174. The third-order valence-electron chi connectivity index (χ3n) is 5.63. The first-order valence-corrected chi connectivity index (χ1v) is 7.70. The molecule has 2 aliphatic carbocycles. The van der Waals surface area contributed by atoms with E-state index in [-0.39, 0.29) is 35.5 Å². The molecule has 5 nitrogen and oxygen atoms in total. The van der Waals surface area contributed by atoms with Crippen LogP contribution in [0.5, 0.6) is 0 Å². The van der Waals surface area contributed by atoms with Gasteiger partial charge in [0, 0.05) is 0 Å². The minimum Gasteiger partial charge on any atom is -0.480 e. The van der Waals surface area contributed by atoms with Crippen molar-refractivity contribution in [3.05, 3.63) is 35.9 Å². The van der Waals surface area contributed by atoms with Crippen LogP contribution in [0.4, 0.5) is 0 Å². The molecular formula is C17H17NO4. The highest BCUT2D eigenvalue weighted by atomic mass is 16.4. The summed E-state index contributed by atoms with van der Waals surface area (Å²) in [5.74, 6) is -1.56. The van der Waals surface area contributed by atoms with E-state index in [1.165, 1.54) is 5.56 Å². The molecule has 1 saturated heterocycles. The van der Waals surface area contributed by atoms with Crippen LogP contribution in [-0.2, 0) is 14.4 Å². The van der Waals surface area contributed by atoms with Crippen LogP contribution in [0.1, 0.15) is 24.3 Å². The SMILES string of the molecule is O=C(O)CN1C(=O)[C@@H]2[C@@H]3C[C@H]([C@H]2C1=O)[C@@H](c1ccccc1)C3. The highest BCUT2D eigenvalue weighted by Crippen LogP contribution is 2.61. The van der Waals surface area contributed by atoms with Crippen LogP contribution in [0.2, 0.25) is 0 Å². The summed E-state index contributed by atoms with van der Waals surface area (Å²) in [5.41, 5.74) is 1.23. The first-order chi connectivity index (χ1) is 10.6. The van der Waals surface area contributed by atoms with Crippen LogP contribution in [0, 0.1) is 23.7 Å². The zero-order valence-corrected chi connectivity index (χ0v) is 12.0. The second-order valence-corrected chi connectivity index (χ2v) is 6.62. The van der Waals surface area contributed by atoms with E-state index in [1.807, 2.05) is 18.2 Å². The average molecular weight is 299 g/mol. The van der Waals surface area contributed by atoms with Crippen molar-refractivity contribution >= 4 is 17.8 Å². The van der Waals surface area contributed by atoms with Crippen molar-refractivity contribution < 1.29 is 19.5 Å². The second kappa shape index (κ2) is 4.66. The van der Waals surface area contributed by atoms with Crippen molar-refractivity contribution in [2.75, 3.05) is 6.54 Å². The first-order valence-electron chi connectivity index (χ1n) is 7.70. The molecule has 1 aromatic carbocycles. The van der Waals surface area contributed by atoms with Crippen LogP contribution in [0.25, 0.3) is 0 Å². The number of hydrogen-bond acceptors (Lipinski definition) is 3. The lowest BCUT2D eigenvalue weighted by atomic mass is 9.73. The molecule has 114 valence electrons. The van der Waals surface area contributed by atoms with Gasteiger partial charge in [-0.3, -0.25) is 19.3 Å². The minimum atomic E-state index is -1.13. The number of aliphatic carboxylic acids is 1. The molecule has 2 amide bonds. The first kappa shape index (κ1) is 13.5. The van der Waals surface area contributed by atoms with Gasteiger partial charge in [-0.15, -0.1) is 0 Å². The Morgan fingerprint density at radius 1 is 1.09 bits per heavy atom. The number of nitrogens with zero attached hydrogens (tertiary/aromatic N) is 1. The zero-order valence-electron chi connectivity index (χ0n) is 12.0. The standard InChI is InChI=1S/C17H17NO4/c19-13(20)8-18-16(21)14-10-6-11(9-4-2-1-3-5-9)12(7-10)15(14)17(18)22/h1-5,10-12,14-15H,6-8H2,(H,19,20)/t10-,11+,12-,14+,15+/m0/s1. The van der Waals surface area contributed by atoms with Crippen molar-refractivity contribution in [1.29, 1.82) is 0 Å². The van der Waals surface area contributed by atoms with E-state index in [4.69, 9.17) is 5.11 Å². The number of likely N-dealkylation sites (tertiary alicyclic amines) is 1. The number of fused-ring (bicyclic) bond motifs is 5. The molecule has 1 heterocycles. The van der Waals surface area contributed by atoms with Gasteiger partial charge in [0.05, 0.1) is 11.8 Å². The molecule has 2 bridgehead atoms. The molecule has 2 saturated carbocycles. The summed E-state index contributed by atoms with van der Waals surface area (Å²) < 4.78 is 0. The monoisotopic (exact) mass is 299 g/mol. The fourth-order valence-electron chi connectivity index (χ4n) is 4.90.